The monoisotopic (exact) mass is 241 g/mol. The van der Waals surface area contributed by atoms with Gasteiger partial charge in [0.25, 0.3) is 0 Å². The van der Waals surface area contributed by atoms with Crippen LogP contribution in [-0.2, 0) is 5.54 Å². The van der Waals surface area contributed by atoms with Crippen molar-refractivity contribution in [2.24, 2.45) is 0 Å². The Morgan fingerprint density at radius 1 is 1.29 bits per heavy atom. The smallest absolute Gasteiger partial charge is 0.408 e. The van der Waals surface area contributed by atoms with E-state index in [9.17, 15) is 9.90 Å². The van der Waals surface area contributed by atoms with E-state index in [1.165, 1.54) is 4.90 Å². The van der Waals surface area contributed by atoms with Crippen molar-refractivity contribution < 1.29 is 14.4 Å². The zero-order valence-electron chi connectivity index (χ0n) is 11.1. The Balaban J connectivity index is 3.22. The molecule has 1 aromatic heterocycles. The molecule has 0 unspecified atom stereocenters. The van der Waals surface area contributed by atoms with Gasteiger partial charge in [0.2, 0.25) is 5.89 Å². The summed E-state index contributed by atoms with van der Waals surface area (Å²) in [5.74, 6) is 0.791. The molecule has 0 saturated carbocycles. The van der Waals surface area contributed by atoms with E-state index in [2.05, 4.69) is 10.1 Å². The topological polar surface area (TPSA) is 79.5 Å². The van der Waals surface area contributed by atoms with Crippen molar-refractivity contribution in [3.05, 3.63) is 11.7 Å². The van der Waals surface area contributed by atoms with E-state index >= 15 is 0 Å². The second-order valence-corrected chi connectivity index (χ2v) is 5.48. The minimum absolute atomic E-state index is 0.368. The summed E-state index contributed by atoms with van der Waals surface area (Å²) in [6.45, 7) is 10.7. The summed E-state index contributed by atoms with van der Waals surface area (Å²) < 4.78 is 4.91. The van der Waals surface area contributed by atoms with Gasteiger partial charge in [0.15, 0.2) is 5.82 Å². The van der Waals surface area contributed by atoms with Gasteiger partial charge in [-0.2, -0.15) is 4.98 Å². The van der Waals surface area contributed by atoms with E-state index in [1.54, 1.807) is 20.8 Å². The van der Waals surface area contributed by atoms with Crippen molar-refractivity contribution in [1.29, 1.82) is 0 Å². The maximum absolute atomic E-state index is 11.4. The van der Waals surface area contributed by atoms with Crippen molar-refractivity contribution in [2.75, 3.05) is 0 Å². The first kappa shape index (κ1) is 13.5. The number of amides is 1. The largest absolute Gasteiger partial charge is 0.465 e. The van der Waals surface area contributed by atoms with Crippen LogP contribution in [0.5, 0.6) is 0 Å². The third-order valence-corrected chi connectivity index (χ3v) is 2.50. The molecule has 1 amide bonds. The molecular weight excluding hydrogens is 222 g/mol. The first-order valence-corrected chi connectivity index (χ1v) is 5.41. The summed E-state index contributed by atoms with van der Waals surface area (Å²) in [6, 6.07) is 0. The van der Waals surface area contributed by atoms with E-state index in [-0.39, 0.29) is 0 Å². The molecule has 1 rings (SSSR count). The summed E-state index contributed by atoms with van der Waals surface area (Å²) in [4.78, 5) is 16.9. The van der Waals surface area contributed by atoms with Crippen LogP contribution in [0.1, 0.15) is 46.3 Å². The molecule has 17 heavy (non-hydrogen) atoms. The molecule has 0 atom stereocenters. The fraction of sp³-hybridized carbons (Fsp3) is 0.727. The molecule has 0 bridgehead atoms. The highest BCUT2D eigenvalue weighted by atomic mass is 16.5. The van der Waals surface area contributed by atoms with Gasteiger partial charge in [-0.1, -0.05) is 5.16 Å². The number of rotatable bonds is 2. The van der Waals surface area contributed by atoms with Crippen LogP contribution < -0.4 is 0 Å². The van der Waals surface area contributed by atoms with E-state index in [4.69, 9.17) is 4.52 Å². The zero-order chi connectivity index (χ0) is 13.4. The molecule has 0 fully saturated rings. The summed E-state index contributed by atoms with van der Waals surface area (Å²) in [5, 5.41) is 13.2. The molecule has 0 aliphatic carbocycles. The molecule has 6 nitrogen and oxygen atoms in total. The predicted octanol–water partition coefficient (Wildman–Crippen LogP) is 2.39. The van der Waals surface area contributed by atoms with Crippen LogP contribution in [0.25, 0.3) is 0 Å². The van der Waals surface area contributed by atoms with Gasteiger partial charge >= 0.3 is 6.09 Å². The molecule has 0 aliphatic rings. The minimum Gasteiger partial charge on any atom is -0.465 e. The lowest BCUT2D eigenvalue weighted by atomic mass is 9.94. The molecule has 1 N–H and O–H groups in total. The lowest BCUT2D eigenvalue weighted by molar-refractivity contribution is 0.0261. The minimum atomic E-state index is -1.01. The van der Waals surface area contributed by atoms with Crippen molar-refractivity contribution in [3.63, 3.8) is 0 Å². The van der Waals surface area contributed by atoms with Gasteiger partial charge in [-0.05, 0) is 34.6 Å². The van der Waals surface area contributed by atoms with Gasteiger partial charge < -0.3 is 9.63 Å². The van der Waals surface area contributed by atoms with Gasteiger partial charge in [-0.25, -0.2) is 4.79 Å². The molecule has 1 heterocycles. The van der Waals surface area contributed by atoms with Crippen LogP contribution in [-0.4, -0.2) is 31.8 Å². The number of carbonyl (C=O) groups is 1. The molecular formula is C11H19N3O3. The van der Waals surface area contributed by atoms with E-state index < -0.39 is 17.2 Å². The summed E-state index contributed by atoms with van der Waals surface area (Å²) in [7, 11) is 0. The molecule has 0 aromatic carbocycles. The Labute approximate surface area is 101 Å². The number of carboxylic acid groups (broad SMARTS) is 1. The fourth-order valence-corrected chi connectivity index (χ4v) is 2.01. The maximum Gasteiger partial charge on any atom is 0.408 e. The summed E-state index contributed by atoms with van der Waals surface area (Å²) in [5.41, 5.74) is -1.40. The molecule has 0 aliphatic heterocycles. The Morgan fingerprint density at radius 3 is 2.12 bits per heavy atom. The van der Waals surface area contributed by atoms with Crippen LogP contribution in [0.4, 0.5) is 4.79 Å². The van der Waals surface area contributed by atoms with E-state index in [0.717, 1.165) is 0 Å². The van der Waals surface area contributed by atoms with E-state index in [0.29, 0.717) is 11.7 Å². The number of hydrogen-bond donors (Lipinski definition) is 1. The fourth-order valence-electron chi connectivity index (χ4n) is 2.01. The third-order valence-electron chi connectivity index (χ3n) is 2.50. The second-order valence-electron chi connectivity index (χ2n) is 5.48. The second kappa shape index (κ2) is 4.01. The van der Waals surface area contributed by atoms with Crippen molar-refractivity contribution in [2.45, 2.75) is 52.6 Å². The standard InChI is InChI=1S/C11H19N3O3/c1-7-12-8(13-17-7)11(5,6)14(9(15)16)10(2,3)4/h1-6H3,(H,15,16). The zero-order valence-corrected chi connectivity index (χ0v) is 11.1. The van der Waals surface area contributed by atoms with Crippen LogP contribution >= 0.6 is 0 Å². The normalized spacial score (nSPS) is 12.6. The van der Waals surface area contributed by atoms with Crippen LogP contribution in [0, 0.1) is 6.92 Å². The van der Waals surface area contributed by atoms with Gasteiger partial charge in [0.05, 0.1) is 0 Å². The number of hydrogen-bond acceptors (Lipinski definition) is 4. The SMILES string of the molecule is Cc1nc(C(C)(C)N(C(=O)O)C(C)(C)C)no1. The van der Waals surface area contributed by atoms with Gasteiger partial charge in [0.1, 0.15) is 5.54 Å². The van der Waals surface area contributed by atoms with Crippen molar-refractivity contribution in [3.8, 4) is 0 Å². The van der Waals surface area contributed by atoms with Crippen molar-refractivity contribution in [1.82, 2.24) is 15.0 Å². The summed E-state index contributed by atoms with van der Waals surface area (Å²) >= 11 is 0. The lowest BCUT2D eigenvalue weighted by Crippen LogP contribution is -2.55. The first-order valence-electron chi connectivity index (χ1n) is 5.41. The lowest BCUT2D eigenvalue weighted by Gasteiger charge is -2.43. The number of nitrogens with zero attached hydrogens (tertiary/aromatic N) is 3. The van der Waals surface area contributed by atoms with Crippen LogP contribution in [0.15, 0.2) is 4.52 Å². The van der Waals surface area contributed by atoms with Gasteiger partial charge in [-0.3, -0.25) is 4.90 Å². The predicted molar refractivity (Wildman–Crippen MR) is 61.7 cm³/mol. The average molecular weight is 241 g/mol. The maximum atomic E-state index is 11.4. The highest BCUT2D eigenvalue weighted by Crippen LogP contribution is 2.32. The Morgan fingerprint density at radius 2 is 1.82 bits per heavy atom. The van der Waals surface area contributed by atoms with Crippen molar-refractivity contribution >= 4 is 6.09 Å². The third kappa shape index (κ3) is 2.57. The molecule has 0 radical (unpaired) electrons. The van der Waals surface area contributed by atoms with E-state index in [1.807, 2.05) is 20.8 Å². The van der Waals surface area contributed by atoms with Crippen LogP contribution in [0.3, 0.4) is 0 Å². The number of aromatic nitrogens is 2. The average Bonchev–Trinajstić information content (AvgIpc) is 2.47. The molecule has 0 spiro atoms. The number of aryl methyl sites for hydroxylation is 1. The first-order chi connectivity index (χ1) is 7.56. The molecule has 96 valence electrons. The Bertz CT molecular complexity index is 418. The quantitative estimate of drug-likeness (QED) is 0.859. The Hall–Kier alpha value is -1.59. The summed E-state index contributed by atoms with van der Waals surface area (Å²) in [6.07, 6.45) is -1.01. The van der Waals surface area contributed by atoms with Gasteiger partial charge in [-0.15, -0.1) is 0 Å². The molecule has 0 saturated heterocycles. The highest BCUT2D eigenvalue weighted by Gasteiger charge is 2.42. The van der Waals surface area contributed by atoms with Crippen LogP contribution in [0.2, 0.25) is 0 Å². The van der Waals surface area contributed by atoms with Gasteiger partial charge in [0, 0.05) is 12.5 Å². The molecule has 1 aromatic rings. The highest BCUT2D eigenvalue weighted by molar-refractivity contribution is 5.67. The Kier molecular flexibility index (Phi) is 3.18. The molecule has 6 heteroatoms.